The van der Waals surface area contributed by atoms with Gasteiger partial charge in [0, 0.05) is 26.7 Å². The summed E-state index contributed by atoms with van der Waals surface area (Å²) in [7, 11) is 1.57. The number of likely N-dealkylation sites (N-methyl/N-ethyl adjacent to an activating group) is 1. The van der Waals surface area contributed by atoms with Gasteiger partial charge in [0.25, 0.3) is 0 Å². The van der Waals surface area contributed by atoms with Crippen LogP contribution in [0.2, 0.25) is 0 Å². The van der Waals surface area contributed by atoms with Crippen LogP contribution in [-0.2, 0) is 12.7 Å². The minimum atomic E-state index is -4.77. The molecule has 3 nitrogen and oxygen atoms in total. The second kappa shape index (κ2) is 4.71. The fraction of sp³-hybridized carbons (Fsp3) is 0.417. The second-order valence-electron chi connectivity index (χ2n) is 4.40. The number of benzene rings is 1. The van der Waals surface area contributed by atoms with Crippen LogP contribution in [-0.4, -0.2) is 36.0 Å². The van der Waals surface area contributed by atoms with Crippen molar-refractivity contribution in [2.24, 2.45) is 0 Å². The number of carbonyl (C=O) groups is 1. The molecule has 0 N–H and O–H groups in total. The van der Waals surface area contributed by atoms with Crippen molar-refractivity contribution in [3.05, 3.63) is 35.1 Å². The molecule has 0 unspecified atom stereocenters. The molecule has 2 amide bonds. The molecule has 7 heteroatoms. The van der Waals surface area contributed by atoms with Crippen LogP contribution in [0, 0.1) is 5.82 Å². The lowest BCUT2D eigenvalue weighted by Gasteiger charge is -2.19. The molecular formula is C12H12F4N2O. The van der Waals surface area contributed by atoms with Gasteiger partial charge in [0.2, 0.25) is 0 Å². The van der Waals surface area contributed by atoms with E-state index in [1.807, 2.05) is 0 Å². The van der Waals surface area contributed by atoms with E-state index in [9.17, 15) is 22.4 Å². The zero-order valence-electron chi connectivity index (χ0n) is 10.2. The van der Waals surface area contributed by atoms with Crippen molar-refractivity contribution in [3.63, 3.8) is 0 Å². The van der Waals surface area contributed by atoms with E-state index >= 15 is 0 Å². The molecule has 0 atom stereocenters. The molecule has 1 aromatic rings. The third-order valence-electron chi connectivity index (χ3n) is 3.05. The summed E-state index contributed by atoms with van der Waals surface area (Å²) in [6.45, 7) is 0.550. The molecule has 1 aliphatic heterocycles. The van der Waals surface area contributed by atoms with E-state index in [1.165, 1.54) is 21.9 Å². The van der Waals surface area contributed by atoms with Gasteiger partial charge in [-0.2, -0.15) is 13.2 Å². The van der Waals surface area contributed by atoms with Crippen molar-refractivity contribution >= 4 is 6.03 Å². The lowest BCUT2D eigenvalue weighted by Crippen LogP contribution is -2.30. The predicted octanol–water partition coefficient (Wildman–Crippen LogP) is 2.71. The first-order valence-electron chi connectivity index (χ1n) is 5.65. The van der Waals surface area contributed by atoms with Gasteiger partial charge in [0.05, 0.1) is 5.56 Å². The Kier molecular flexibility index (Phi) is 3.38. The van der Waals surface area contributed by atoms with Gasteiger partial charge >= 0.3 is 12.2 Å². The molecule has 2 rings (SSSR count). The fourth-order valence-corrected chi connectivity index (χ4v) is 2.07. The summed E-state index contributed by atoms with van der Waals surface area (Å²) in [5.74, 6) is -1.31. The maximum Gasteiger partial charge on any atom is 0.419 e. The van der Waals surface area contributed by atoms with Crippen LogP contribution in [0.4, 0.5) is 22.4 Å². The number of nitrogens with zero attached hydrogens (tertiary/aromatic N) is 2. The van der Waals surface area contributed by atoms with E-state index in [0.29, 0.717) is 13.1 Å². The molecule has 1 heterocycles. The Morgan fingerprint density at radius 1 is 1.26 bits per heavy atom. The normalized spacial score (nSPS) is 16.4. The third kappa shape index (κ3) is 2.64. The van der Waals surface area contributed by atoms with Gasteiger partial charge in [0.15, 0.2) is 0 Å². The Morgan fingerprint density at radius 3 is 2.47 bits per heavy atom. The Bertz CT molecular complexity index is 501. The van der Waals surface area contributed by atoms with Crippen LogP contribution in [0.25, 0.3) is 0 Å². The van der Waals surface area contributed by atoms with Crippen LogP contribution in [0.3, 0.4) is 0 Å². The summed E-state index contributed by atoms with van der Waals surface area (Å²) in [4.78, 5) is 14.3. The van der Waals surface area contributed by atoms with Gasteiger partial charge in [-0.1, -0.05) is 12.1 Å². The van der Waals surface area contributed by atoms with Gasteiger partial charge in [-0.15, -0.1) is 0 Å². The summed E-state index contributed by atoms with van der Waals surface area (Å²) >= 11 is 0. The molecule has 1 fully saturated rings. The maximum atomic E-state index is 13.4. The summed E-state index contributed by atoms with van der Waals surface area (Å²) in [6, 6.07) is 2.82. The summed E-state index contributed by atoms with van der Waals surface area (Å²) < 4.78 is 51.8. The average Bonchev–Trinajstić information content (AvgIpc) is 2.59. The second-order valence-corrected chi connectivity index (χ2v) is 4.40. The number of hydrogen-bond acceptors (Lipinski definition) is 1. The summed E-state index contributed by atoms with van der Waals surface area (Å²) in [5.41, 5.74) is -1.52. The van der Waals surface area contributed by atoms with Crippen molar-refractivity contribution in [3.8, 4) is 0 Å². The molecular weight excluding hydrogens is 264 g/mol. The van der Waals surface area contributed by atoms with Crippen LogP contribution in [0.5, 0.6) is 0 Å². The van der Waals surface area contributed by atoms with Crippen LogP contribution in [0.1, 0.15) is 11.1 Å². The first kappa shape index (κ1) is 13.6. The molecule has 0 aromatic heterocycles. The monoisotopic (exact) mass is 276 g/mol. The Hall–Kier alpha value is -1.79. The SMILES string of the molecule is CN1CCN(Cc2cccc(F)c2C(F)(F)F)C1=O. The highest BCUT2D eigenvalue weighted by atomic mass is 19.4. The van der Waals surface area contributed by atoms with E-state index in [1.54, 1.807) is 7.05 Å². The number of amides is 2. The van der Waals surface area contributed by atoms with Gasteiger partial charge in [-0.3, -0.25) is 0 Å². The predicted molar refractivity (Wildman–Crippen MR) is 59.8 cm³/mol. The molecule has 0 bridgehead atoms. The van der Waals surface area contributed by atoms with Crippen molar-refractivity contribution < 1.29 is 22.4 Å². The largest absolute Gasteiger partial charge is 0.419 e. The van der Waals surface area contributed by atoms with Crippen LogP contribution in [0.15, 0.2) is 18.2 Å². The molecule has 1 aliphatic rings. The van der Waals surface area contributed by atoms with Crippen LogP contribution >= 0.6 is 0 Å². The smallest absolute Gasteiger partial charge is 0.326 e. The van der Waals surface area contributed by atoms with E-state index in [0.717, 1.165) is 6.07 Å². The Balaban J connectivity index is 2.31. The minimum Gasteiger partial charge on any atom is -0.326 e. The van der Waals surface area contributed by atoms with Gasteiger partial charge in [0.1, 0.15) is 5.82 Å². The number of alkyl halides is 3. The molecule has 104 valence electrons. The lowest BCUT2D eigenvalue weighted by molar-refractivity contribution is -0.140. The highest BCUT2D eigenvalue weighted by Gasteiger charge is 2.37. The van der Waals surface area contributed by atoms with E-state index in [2.05, 4.69) is 0 Å². The third-order valence-corrected chi connectivity index (χ3v) is 3.05. The molecule has 0 aliphatic carbocycles. The number of hydrogen-bond donors (Lipinski definition) is 0. The molecule has 1 saturated heterocycles. The minimum absolute atomic E-state index is 0.226. The number of halogens is 4. The first-order chi connectivity index (χ1) is 8.80. The molecule has 19 heavy (non-hydrogen) atoms. The van der Waals surface area contributed by atoms with Gasteiger partial charge in [-0.05, 0) is 11.6 Å². The number of urea groups is 1. The van der Waals surface area contributed by atoms with E-state index < -0.39 is 17.6 Å². The Labute approximate surface area is 107 Å². The highest BCUT2D eigenvalue weighted by Crippen LogP contribution is 2.34. The van der Waals surface area contributed by atoms with Crippen molar-refractivity contribution in [1.29, 1.82) is 0 Å². The number of carbonyl (C=O) groups excluding carboxylic acids is 1. The summed E-state index contributed by atoms with van der Waals surface area (Å²) in [6.07, 6.45) is -4.77. The Morgan fingerprint density at radius 2 is 1.95 bits per heavy atom. The van der Waals surface area contributed by atoms with Crippen molar-refractivity contribution in [2.75, 3.05) is 20.1 Å². The summed E-state index contributed by atoms with van der Waals surface area (Å²) in [5, 5.41) is 0. The van der Waals surface area contributed by atoms with Crippen LogP contribution < -0.4 is 0 Å². The fourth-order valence-electron chi connectivity index (χ4n) is 2.07. The standard InChI is InChI=1S/C12H12F4N2O/c1-17-5-6-18(11(17)19)7-8-3-2-4-9(13)10(8)12(14,15)16/h2-4H,5-7H2,1H3. The van der Waals surface area contributed by atoms with Crippen molar-refractivity contribution in [2.45, 2.75) is 12.7 Å². The zero-order chi connectivity index (χ0) is 14.2. The van der Waals surface area contributed by atoms with Gasteiger partial charge < -0.3 is 9.80 Å². The van der Waals surface area contributed by atoms with E-state index in [-0.39, 0.29) is 18.1 Å². The lowest BCUT2D eigenvalue weighted by atomic mass is 10.1. The molecule has 0 spiro atoms. The molecule has 0 radical (unpaired) electrons. The zero-order valence-corrected chi connectivity index (χ0v) is 10.2. The highest BCUT2D eigenvalue weighted by molar-refractivity contribution is 5.76. The topological polar surface area (TPSA) is 23.6 Å². The molecule has 1 aromatic carbocycles. The maximum absolute atomic E-state index is 13.4. The quantitative estimate of drug-likeness (QED) is 0.762. The number of rotatable bonds is 2. The first-order valence-corrected chi connectivity index (χ1v) is 5.65. The average molecular weight is 276 g/mol. The molecule has 0 saturated carbocycles. The van der Waals surface area contributed by atoms with Gasteiger partial charge in [-0.25, -0.2) is 9.18 Å². The van der Waals surface area contributed by atoms with E-state index in [4.69, 9.17) is 0 Å². The van der Waals surface area contributed by atoms with Crippen molar-refractivity contribution in [1.82, 2.24) is 9.80 Å².